The quantitative estimate of drug-likeness (QED) is 0.160. The molecule has 12 aromatic carbocycles. The van der Waals surface area contributed by atoms with Gasteiger partial charge in [-0.2, -0.15) is 0 Å². The third-order valence-electron chi connectivity index (χ3n) is 12.2. The summed E-state index contributed by atoms with van der Waals surface area (Å²) in [4.78, 5) is 0. The summed E-state index contributed by atoms with van der Waals surface area (Å²) in [6.45, 7) is 0. The second-order valence-electron chi connectivity index (χ2n) is 15.1. The van der Waals surface area contributed by atoms with Gasteiger partial charge >= 0.3 is 0 Å². The van der Waals surface area contributed by atoms with E-state index in [-0.39, 0.29) is 0 Å². The van der Waals surface area contributed by atoms with Crippen LogP contribution in [0.3, 0.4) is 0 Å². The molecule has 0 N–H and O–H groups in total. The number of hydrogen-bond acceptors (Lipinski definition) is 0. The molecule has 12 rings (SSSR count). The third kappa shape index (κ3) is 4.54. The summed E-state index contributed by atoms with van der Waals surface area (Å²) in [5.74, 6) is 0. The van der Waals surface area contributed by atoms with Crippen molar-refractivity contribution in [2.45, 2.75) is 0 Å². The van der Waals surface area contributed by atoms with Gasteiger partial charge in [-0.1, -0.05) is 188 Å². The Bertz CT molecular complexity index is 3520. The summed E-state index contributed by atoms with van der Waals surface area (Å²) in [6.07, 6.45) is 0. The molecule has 0 aliphatic carbocycles. The van der Waals surface area contributed by atoms with E-state index in [0.29, 0.717) is 0 Å². The summed E-state index contributed by atoms with van der Waals surface area (Å²) in [6, 6.07) is 76.7. The molecule has 0 radical (unpaired) electrons. The maximum absolute atomic E-state index is 2.48. The zero-order valence-electron chi connectivity index (χ0n) is 30.6. The van der Waals surface area contributed by atoms with Crippen molar-refractivity contribution in [3.63, 3.8) is 0 Å². The topological polar surface area (TPSA) is 0 Å². The highest BCUT2D eigenvalue weighted by atomic mass is 14.2. The minimum atomic E-state index is 1.22. The lowest BCUT2D eigenvalue weighted by molar-refractivity contribution is 1.60. The van der Waals surface area contributed by atoms with E-state index in [1.165, 1.54) is 120 Å². The van der Waals surface area contributed by atoms with Gasteiger partial charge in [0.2, 0.25) is 0 Å². The van der Waals surface area contributed by atoms with Crippen molar-refractivity contribution in [2.75, 3.05) is 0 Å². The largest absolute Gasteiger partial charge is 0.0622 e. The molecule has 0 spiro atoms. The van der Waals surface area contributed by atoms with Gasteiger partial charge in [0.1, 0.15) is 0 Å². The highest BCUT2D eigenvalue weighted by molar-refractivity contribution is 6.32. The Morgan fingerprint density at radius 3 is 1.25 bits per heavy atom. The predicted molar refractivity (Wildman–Crippen MR) is 242 cm³/mol. The molecule has 0 aliphatic heterocycles. The van der Waals surface area contributed by atoms with Gasteiger partial charge in [0, 0.05) is 0 Å². The van der Waals surface area contributed by atoms with Crippen LogP contribution in [0.4, 0.5) is 0 Å². The number of benzene rings is 12. The first-order chi connectivity index (χ1) is 27.8. The van der Waals surface area contributed by atoms with Crippen LogP contribution in [0.15, 0.2) is 206 Å². The van der Waals surface area contributed by atoms with Crippen LogP contribution in [-0.4, -0.2) is 0 Å². The molecule has 0 nitrogen and oxygen atoms in total. The maximum atomic E-state index is 2.48. The van der Waals surface area contributed by atoms with E-state index in [9.17, 15) is 0 Å². The molecule has 0 aliphatic rings. The Labute approximate surface area is 324 Å². The average Bonchev–Trinajstić information content (AvgIpc) is 3.28. The first-order valence-electron chi connectivity index (χ1n) is 19.5. The molecule has 0 saturated heterocycles. The highest BCUT2D eigenvalue weighted by Crippen LogP contribution is 2.49. The van der Waals surface area contributed by atoms with Gasteiger partial charge in [-0.15, -0.1) is 0 Å². The first kappa shape index (κ1) is 31.1. The molecule has 0 atom stereocenters. The summed E-state index contributed by atoms with van der Waals surface area (Å²) >= 11 is 0. The van der Waals surface area contributed by atoms with Crippen molar-refractivity contribution in [2.24, 2.45) is 0 Å². The standard InChI is InChI=1S/C56H34/c1-2-14-35(15-3-1)39-18-8-9-23-44(39)53-34-54(52-33-38-17-5-7-20-41(38)43-22-11-13-25-46(43)52)49-29-27-36-26-28-47(48-30-31-50(53)56(49)55(36)48)51-32-37-16-4-6-19-40(37)42-21-10-12-24-45(42)51/h1-34H. The Morgan fingerprint density at radius 1 is 0.179 bits per heavy atom. The van der Waals surface area contributed by atoms with Gasteiger partial charge in [0.15, 0.2) is 0 Å². The smallest absolute Gasteiger partial charge is 0.00141 e. The Morgan fingerprint density at radius 2 is 0.607 bits per heavy atom. The molecule has 0 fully saturated rings. The summed E-state index contributed by atoms with van der Waals surface area (Å²) in [5.41, 5.74) is 10.0. The SMILES string of the molecule is c1ccc(-c2ccccc2-c2cc(-c3cc4ccccc4c4ccccc34)c3ccc4ccc(-c5cc6ccccc6c6ccccc56)c5ccc2c3c45)cc1. The van der Waals surface area contributed by atoms with Crippen molar-refractivity contribution >= 4 is 75.4 Å². The molecular formula is C56H34. The summed E-state index contributed by atoms with van der Waals surface area (Å²) < 4.78 is 0. The highest BCUT2D eigenvalue weighted by Gasteiger charge is 2.22. The molecule has 56 heavy (non-hydrogen) atoms. The maximum Gasteiger partial charge on any atom is -0.00141 e. The molecule has 12 aromatic rings. The summed E-state index contributed by atoms with van der Waals surface area (Å²) in [5, 5.41) is 17.9. The molecule has 0 heteroatoms. The van der Waals surface area contributed by atoms with Crippen LogP contribution in [0.5, 0.6) is 0 Å². The number of rotatable bonds is 4. The van der Waals surface area contributed by atoms with Gasteiger partial charge in [0.25, 0.3) is 0 Å². The summed E-state index contributed by atoms with van der Waals surface area (Å²) in [7, 11) is 0. The predicted octanol–water partition coefficient (Wildman–Crippen LogP) is 15.9. The van der Waals surface area contributed by atoms with Crippen molar-refractivity contribution < 1.29 is 0 Å². The number of fused-ring (bicyclic) bond motifs is 6. The zero-order valence-corrected chi connectivity index (χ0v) is 30.6. The number of hydrogen-bond donors (Lipinski definition) is 0. The van der Waals surface area contributed by atoms with E-state index in [1.807, 2.05) is 0 Å². The van der Waals surface area contributed by atoms with Crippen molar-refractivity contribution in [1.29, 1.82) is 0 Å². The van der Waals surface area contributed by atoms with Gasteiger partial charge in [-0.3, -0.25) is 0 Å². The fourth-order valence-corrected chi connectivity index (χ4v) is 9.72. The average molecular weight is 707 g/mol. The van der Waals surface area contributed by atoms with E-state index < -0.39 is 0 Å². The Hall–Kier alpha value is -7.28. The van der Waals surface area contributed by atoms with Gasteiger partial charge in [0.05, 0.1) is 0 Å². The zero-order chi connectivity index (χ0) is 36.7. The van der Waals surface area contributed by atoms with E-state index >= 15 is 0 Å². The fourth-order valence-electron chi connectivity index (χ4n) is 9.72. The van der Waals surface area contributed by atoms with Crippen molar-refractivity contribution in [3.8, 4) is 44.5 Å². The Kier molecular flexibility index (Phi) is 6.73. The third-order valence-corrected chi connectivity index (χ3v) is 12.2. The minimum Gasteiger partial charge on any atom is -0.0622 e. The van der Waals surface area contributed by atoms with Crippen LogP contribution >= 0.6 is 0 Å². The van der Waals surface area contributed by atoms with Crippen molar-refractivity contribution in [1.82, 2.24) is 0 Å². The lowest BCUT2D eigenvalue weighted by Gasteiger charge is -2.22. The molecule has 0 bridgehead atoms. The van der Waals surface area contributed by atoms with Crippen LogP contribution in [0.1, 0.15) is 0 Å². The van der Waals surface area contributed by atoms with Crippen LogP contribution in [-0.2, 0) is 0 Å². The van der Waals surface area contributed by atoms with Crippen LogP contribution in [0.2, 0.25) is 0 Å². The van der Waals surface area contributed by atoms with E-state index in [4.69, 9.17) is 0 Å². The van der Waals surface area contributed by atoms with Crippen LogP contribution in [0, 0.1) is 0 Å². The molecule has 0 unspecified atom stereocenters. The lowest BCUT2D eigenvalue weighted by Crippen LogP contribution is -1.94. The lowest BCUT2D eigenvalue weighted by atomic mass is 9.81. The second-order valence-corrected chi connectivity index (χ2v) is 15.1. The minimum absolute atomic E-state index is 1.22. The normalized spacial score (nSPS) is 11.9. The van der Waals surface area contributed by atoms with Gasteiger partial charge in [-0.05, 0) is 138 Å². The Balaban J connectivity index is 1.25. The molecule has 0 aromatic heterocycles. The molecule has 258 valence electrons. The van der Waals surface area contributed by atoms with E-state index in [2.05, 4.69) is 206 Å². The van der Waals surface area contributed by atoms with Crippen molar-refractivity contribution in [3.05, 3.63) is 206 Å². The monoisotopic (exact) mass is 706 g/mol. The second kappa shape index (κ2) is 12.1. The first-order valence-corrected chi connectivity index (χ1v) is 19.5. The fraction of sp³-hybridized carbons (Fsp3) is 0. The molecule has 0 saturated carbocycles. The van der Waals surface area contributed by atoms with E-state index in [0.717, 1.165) is 0 Å². The van der Waals surface area contributed by atoms with E-state index in [1.54, 1.807) is 0 Å². The van der Waals surface area contributed by atoms with Gasteiger partial charge < -0.3 is 0 Å². The van der Waals surface area contributed by atoms with Crippen LogP contribution in [0.25, 0.3) is 120 Å². The van der Waals surface area contributed by atoms with Crippen LogP contribution < -0.4 is 0 Å². The molecular weight excluding hydrogens is 673 g/mol. The molecule has 0 amide bonds. The molecule has 0 heterocycles. The van der Waals surface area contributed by atoms with Gasteiger partial charge in [-0.25, -0.2) is 0 Å².